The molecular formula is C23H25BrN4O3S. The quantitative estimate of drug-likeness (QED) is 0.558. The zero-order valence-corrected chi connectivity index (χ0v) is 20.7. The van der Waals surface area contributed by atoms with Crippen LogP contribution in [0.1, 0.15) is 40.6 Å². The number of nitrogens with zero attached hydrogens (tertiary/aromatic N) is 3. The zero-order chi connectivity index (χ0) is 23.0. The van der Waals surface area contributed by atoms with E-state index in [1.807, 2.05) is 30.0 Å². The highest BCUT2D eigenvalue weighted by molar-refractivity contribution is 9.10. The molecule has 0 aliphatic carbocycles. The molecule has 3 heterocycles. The van der Waals surface area contributed by atoms with Crippen LogP contribution in [0.5, 0.6) is 0 Å². The maximum atomic E-state index is 13.1. The molecule has 1 aliphatic rings. The Morgan fingerprint density at radius 1 is 1.25 bits per heavy atom. The summed E-state index contributed by atoms with van der Waals surface area (Å²) in [5.41, 5.74) is 2.02. The maximum Gasteiger partial charge on any atom is 0.266 e. The highest BCUT2D eigenvalue weighted by Gasteiger charge is 2.23. The van der Waals surface area contributed by atoms with Crippen molar-refractivity contribution < 1.29 is 9.59 Å². The molecule has 32 heavy (non-hydrogen) atoms. The molecule has 0 atom stereocenters. The fourth-order valence-electron chi connectivity index (χ4n) is 3.89. The van der Waals surface area contributed by atoms with Gasteiger partial charge in [-0.05, 0) is 71.8 Å². The Bertz CT molecular complexity index is 1260. The van der Waals surface area contributed by atoms with Crippen molar-refractivity contribution in [2.75, 3.05) is 18.4 Å². The van der Waals surface area contributed by atoms with Gasteiger partial charge in [0.25, 0.3) is 11.5 Å². The standard InChI is InChI=1S/C23H25BrN4O3S/c1-13-6-8-27(9-7-13)18(29)11-28-12-25-22-19(23(28)31)15(3)20(32-22)21(30)26-17-5-4-14(2)10-16(17)24/h4-5,10,12-13H,6-9,11H2,1-3H3,(H,26,30). The number of halogens is 1. The summed E-state index contributed by atoms with van der Waals surface area (Å²) in [5.74, 6) is 0.257. The van der Waals surface area contributed by atoms with Crippen LogP contribution in [0.15, 0.2) is 33.8 Å². The fraction of sp³-hybridized carbons (Fsp3) is 0.391. The number of aromatic nitrogens is 2. The lowest BCUT2D eigenvalue weighted by Gasteiger charge is -2.30. The SMILES string of the molecule is Cc1ccc(NC(=O)c2sc3ncn(CC(=O)N4CCC(C)CC4)c(=O)c3c2C)c(Br)c1. The molecule has 1 aromatic carbocycles. The summed E-state index contributed by atoms with van der Waals surface area (Å²) < 4.78 is 2.14. The van der Waals surface area contributed by atoms with Crippen molar-refractivity contribution in [3.05, 3.63) is 55.4 Å². The first-order chi connectivity index (χ1) is 15.2. The Labute approximate surface area is 198 Å². The third kappa shape index (κ3) is 4.49. The number of fused-ring (bicyclic) bond motifs is 1. The molecule has 168 valence electrons. The minimum absolute atomic E-state index is 0.0384. The fourth-order valence-corrected chi connectivity index (χ4v) is 5.52. The number of carbonyl (C=O) groups excluding carboxylic acids is 2. The third-order valence-electron chi connectivity index (χ3n) is 5.94. The van der Waals surface area contributed by atoms with Gasteiger partial charge in [0.1, 0.15) is 11.4 Å². The van der Waals surface area contributed by atoms with Gasteiger partial charge in [-0.15, -0.1) is 11.3 Å². The number of aryl methyl sites for hydroxylation is 2. The first-order valence-electron chi connectivity index (χ1n) is 10.6. The number of anilines is 1. The van der Waals surface area contributed by atoms with Crippen molar-refractivity contribution >= 4 is 55.0 Å². The lowest BCUT2D eigenvalue weighted by molar-refractivity contribution is -0.133. The molecular weight excluding hydrogens is 492 g/mol. The van der Waals surface area contributed by atoms with E-state index in [1.165, 1.54) is 22.2 Å². The Morgan fingerprint density at radius 2 is 1.97 bits per heavy atom. The molecule has 1 saturated heterocycles. The zero-order valence-electron chi connectivity index (χ0n) is 18.3. The average Bonchev–Trinajstić information content (AvgIpc) is 3.10. The van der Waals surface area contributed by atoms with E-state index in [9.17, 15) is 14.4 Å². The lowest BCUT2D eigenvalue weighted by Crippen LogP contribution is -2.41. The largest absolute Gasteiger partial charge is 0.341 e. The first kappa shape index (κ1) is 22.7. The monoisotopic (exact) mass is 516 g/mol. The van der Waals surface area contributed by atoms with Gasteiger partial charge < -0.3 is 10.2 Å². The van der Waals surface area contributed by atoms with Crippen LogP contribution in [0.4, 0.5) is 5.69 Å². The van der Waals surface area contributed by atoms with Gasteiger partial charge in [0, 0.05) is 17.6 Å². The van der Waals surface area contributed by atoms with E-state index in [0.717, 1.165) is 36.0 Å². The van der Waals surface area contributed by atoms with E-state index in [1.54, 1.807) is 6.92 Å². The van der Waals surface area contributed by atoms with Crippen LogP contribution in [0.25, 0.3) is 10.2 Å². The van der Waals surface area contributed by atoms with Crippen LogP contribution >= 0.6 is 27.3 Å². The number of rotatable bonds is 4. The number of amides is 2. The molecule has 0 spiro atoms. The van der Waals surface area contributed by atoms with Gasteiger partial charge in [0.05, 0.1) is 22.3 Å². The highest BCUT2D eigenvalue weighted by Crippen LogP contribution is 2.29. The van der Waals surface area contributed by atoms with Gasteiger partial charge in [0.2, 0.25) is 5.91 Å². The van der Waals surface area contributed by atoms with Gasteiger partial charge in [-0.2, -0.15) is 0 Å². The molecule has 4 rings (SSSR count). The second-order valence-corrected chi connectivity index (χ2v) is 10.3. The number of nitrogens with one attached hydrogen (secondary N) is 1. The number of thiophene rings is 1. The third-order valence-corrected chi connectivity index (χ3v) is 7.79. The number of hydrogen-bond donors (Lipinski definition) is 1. The van der Waals surface area contributed by atoms with Crippen LogP contribution < -0.4 is 10.9 Å². The van der Waals surface area contributed by atoms with E-state index in [-0.39, 0.29) is 23.9 Å². The number of piperidine rings is 1. The van der Waals surface area contributed by atoms with Crippen molar-refractivity contribution in [2.45, 2.75) is 40.2 Å². The first-order valence-corrected chi connectivity index (χ1v) is 12.2. The summed E-state index contributed by atoms with van der Waals surface area (Å²) >= 11 is 4.65. The van der Waals surface area contributed by atoms with Crippen LogP contribution in [-0.2, 0) is 11.3 Å². The Morgan fingerprint density at radius 3 is 2.66 bits per heavy atom. The molecule has 9 heteroatoms. The number of carbonyl (C=O) groups is 2. The summed E-state index contributed by atoms with van der Waals surface area (Å²) in [6.07, 6.45) is 3.37. The van der Waals surface area contributed by atoms with E-state index < -0.39 is 0 Å². The number of hydrogen-bond acceptors (Lipinski definition) is 5. The average molecular weight is 517 g/mol. The van der Waals surface area contributed by atoms with Crippen molar-refractivity contribution in [2.24, 2.45) is 5.92 Å². The van der Waals surface area contributed by atoms with Gasteiger partial charge in [-0.25, -0.2) is 4.98 Å². The normalized spacial score (nSPS) is 14.7. The number of benzene rings is 1. The van der Waals surface area contributed by atoms with E-state index in [2.05, 4.69) is 33.2 Å². The van der Waals surface area contributed by atoms with Crippen LogP contribution in [0.3, 0.4) is 0 Å². The van der Waals surface area contributed by atoms with Gasteiger partial charge in [-0.1, -0.05) is 13.0 Å². The Hall–Kier alpha value is -2.52. The summed E-state index contributed by atoms with van der Waals surface area (Å²) in [6, 6.07) is 5.67. The van der Waals surface area contributed by atoms with Crippen molar-refractivity contribution in [3.8, 4) is 0 Å². The minimum Gasteiger partial charge on any atom is -0.341 e. The van der Waals surface area contributed by atoms with Crippen molar-refractivity contribution in [1.82, 2.24) is 14.5 Å². The smallest absolute Gasteiger partial charge is 0.266 e. The summed E-state index contributed by atoms with van der Waals surface area (Å²) in [4.78, 5) is 45.9. The molecule has 0 saturated carbocycles. The molecule has 2 aromatic heterocycles. The number of likely N-dealkylation sites (tertiary alicyclic amines) is 1. The van der Waals surface area contributed by atoms with Crippen molar-refractivity contribution in [1.29, 1.82) is 0 Å². The molecule has 7 nitrogen and oxygen atoms in total. The topological polar surface area (TPSA) is 84.3 Å². The summed E-state index contributed by atoms with van der Waals surface area (Å²) in [6.45, 7) is 7.32. The van der Waals surface area contributed by atoms with Crippen LogP contribution in [0, 0.1) is 19.8 Å². The minimum atomic E-state index is -0.293. The summed E-state index contributed by atoms with van der Waals surface area (Å²) in [7, 11) is 0. The molecule has 0 unspecified atom stereocenters. The second kappa shape index (κ2) is 9.15. The van der Waals surface area contributed by atoms with E-state index in [0.29, 0.717) is 32.3 Å². The Kier molecular flexibility index (Phi) is 6.48. The lowest BCUT2D eigenvalue weighted by atomic mass is 9.99. The molecule has 1 fully saturated rings. The van der Waals surface area contributed by atoms with E-state index >= 15 is 0 Å². The van der Waals surface area contributed by atoms with Gasteiger partial charge in [-0.3, -0.25) is 19.0 Å². The maximum absolute atomic E-state index is 13.1. The van der Waals surface area contributed by atoms with Crippen LogP contribution in [-0.4, -0.2) is 39.4 Å². The van der Waals surface area contributed by atoms with Crippen LogP contribution in [0.2, 0.25) is 0 Å². The van der Waals surface area contributed by atoms with E-state index in [4.69, 9.17) is 0 Å². The molecule has 2 amide bonds. The Balaban J connectivity index is 1.58. The second-order valence-electron chi connectivity index (χ2n) is 8.41. The molecule has 3 aromatic rings. The molecule has 0 radical (unpaired) electrons. The highest BCUT2D eigenvalue weighted by atomic mass is 79.9. The molecule has 1 aliphatic heterocycles. The predicted molar refractivity (Wildman–Crippen MR) is 130 cm³/mol. The van der Waals surface area contributed by atoms with Crippen molar-refractivity contribution in [3.63, 3.8) is 0 Å². The van der Waals surface area contributed by atoms with Gasteiger partial charge >= 0.3 is 0 Å². The molecule has 0 bridgehead atoms. The molecule has 1 N–H and O–H groups in total. The summed E-state index contributed by atoms with van der Waals surface area (Å²) in [5, 5.41) is 3.29. The van der Waals surface area contributed by atoms with Gasteiger partial charge in [0.15, 0.2) is 0 Å². The predicted octanol–water partition coefficient (Wildman–Crippen LogP) is 4.35.